The third-order valence-electron chi connectivity index (χ3n) is 4.74. The third-order valence-corrected chi connectivity index (χ3v) is 4.97. The van der Waals surface area contributed by atoms with Gasteiger partial charge in [-0.2, -0.15) is 0 Å². The van der Waals surface area contributed by atoms with Crippen LogP contribution in [0.25, 0.3) is 0 Å². The standard InChI is InChI=1S/C21H17ClFN3O/c1-12-20-18(26-21(24-12)25-17-7-5-16(23)6-8-17)10-14(11-19(20)27)13-3-2-4-15(22)9-13/h2-9,14H,10-11H2,1H3,(H,24,25,26)/t14-/m0/s1. The first-order valence-corrected chi connectivity index (χ1v) is 9.06. The summed E-state index contributed by atoms with van der Waals surface area (Å²) in [6.45, 7) is 1.81. The van der Waals surface area contributed by atoms with Crippen LogP contribution < -0.4 is 5.32 Å². The zero-order valence-electron chi connectivity index (χ0n) is 14.7. The van der Waals surface area contributed by atoms with Crippen molar-refractivity contribution in [2.45, 2.75) is 25.7 Å². The van der Waals surface area contributed by atoms with Crippen molar-refractivity contribution in [1.82, 2.24) is 9.97 Å². The number of halogens is 2. The minimum Gasteiger partial charge on any atom is -0.324 e. The average molecular weight is 382 g/mol. The summed E-state index contributed by atoms with van der Waals surface area (Å²) in [4.78, 5) is 21.7. The Morgan fingerprint density at radius 1 is 1.11 bits per heavy atom. The number of fused-ring (bicyclic) bond motifs is 1. The Labute approximate surface area is 161 Å². The largest absolute Gasteiger partial charge is 0.324 e. The number of carbonyl (C=O) groups excluding carboxylic acids is 1. The van der Waals surface area contributed by atoms with Crippen LogP contribution >= 0.6 is 11.6 Å². The summed E-state index contributed by atoms with van der Waals surface area (Å²) in [5.74, 6) is 0.180. The van der Waals surface area contributed by atoms with Gasteiger partial charge in [-0.15, -0.1) is 0 Å². The van der Waals surface area contributed by atoms with E-state index >= 15 is 0 Å². The van der Waals surface area contributed by atoms with Gasteiger partial charge in [-0.1, -0.05) is 23.7 Å². The van der Waals surface area contributed by atoms with E-state index in [-0.39, 0.29) is 17.5 Å². The summed E-state index contributed by atoms with van der Waals surface area (Å²) < 4.78 is 13.1. The normalized spacial score (nSPS) is 16.1. The first-order valence-electron chi connectivity index (χ1n) is 8.68. The lowest BCUT2D eigenvalue weighted by Crippen LogP contribution is -2.22. The minimum atomic E-state index is -0.307. The smallest absolute Gasteiger partial charge is 0.227 e. The molecule has 0 fully saturated rings. The molecule has 0 radical (unpaired) electrons. The van der Waals surface area contributed by atoms with Crippen LogP contribution in [0.3, 0.4) is 0 Å². The molecule has 0 saturated carbocycles. The molecule has 0 spiro atoms. The molecule has 1 heterocycles. The van der Waals surface area contributed by atoms with Crippen molar-refractivity contribution in [3.8, 4) is 0 Å². The van der Waals surface area contributed by atoms with Gasteiger partial charge in [0.1, 0.15) is 5.82 Å². The van der Waals surface area contributed by atoms with E-state index in [1.54, 1.807) is 12.1 Å². The second-order valence-electron chi connectivity index (χ2n) is 6.67. The second kappa shape index (κ2) is 7.08. The fourth-order valence-corrected chi connectivity index (χ4v) is 3.69. The van der Waals surface area contributed by atoms with Gasteiger partial charge in [-0.3, -0.25) is 4.79 Å². The fourth-order valence-electron chi connectivity index (χ4n) is 3.49. The third kappa shape index (κ3) is 3.69. The van der Waals surface area contributed by atoms with Gasteiger partial charge >= 0.3 is 0 Å². The van der Waals surface area contributed by atoms with Gasteiger partial charge < -0.3 is 5.32 Å². The molecule has 4 rings (SSSR count). The molecule has 1 aliphatic carbocycles. The quantitative estimate of drug-likeness (QED) is 0.674. The second-order valence-corrected chi connectivity index (χ2v) is 7.11. The predicted octanol–water partition coefficient (Wildman–Crippen LogP) is 5.23. The molecular weight excluding hydrogens is 365 g/mol. The molecule has 136 valence electrons. The van der Waals surface area contributed by atoms with Gasteiger partial charge in [0.2, 0.25) is 5.95 Å². The van der Waals surface area contributed by atoms with Crippen LogP contribution in [0.1, 0.15) is 39.6 Å². The van der Waals surface area contributed by atoms with Crippen molar-refractivity contribution in [1.29, 1.82) is 0 Å². The van der Waals surface area contributed by atoms with Crippen molar-refractivity contribution in [3.63, 3.8) is 0 Å². The van der Waals surface area contributed by atoms with Crippen molar-refractivity contribution in [3.05, 3.63) is 81.9 Å². The minimum absolute atomic E-state index is 0.0386. The molecular formula is C21H17ClFN3O. The highest BCUT2D eigenvalue weighted by Crippen LogP contribution is 2.34. The topological polar surface area (TPSA) is 54.9 Å². The van der Waals surface area contributed by atoms with Crippen molar-refractivity contribution in [2.75, 3.05) is 5.32 Å². The van der Waals surface area contributed by atoms with E-state index in [1.807, 2.05) is 31.2 Å². The first kappa shape index (κ1) is 17.6. The predicted molar refractivity (Wildman–Crippen MR) is 103 cm³/mol. The van der Waals surface area contributed by atoms with E-state index in [1.165, 1.54) is 12.1 Å². The fraction of sp³-hybridized carbons (Fsp3) is 0.190. The summed E-state index contributed by atoms with van der Waals surface area (Å²) in [7, 11) is 0. The Bertz CT molecular complexity index is 1020. The summed E-state index contributed by atoms with van der Waals surface area (Å²) in [6.07, 6.45) is 1.06. The zero-order valence-corrected chi connectivity index (χ0v) is 15.4. The van der Waals surface area contributed by atoms with E-state index < -0.39 is 0 Å². The first-order chi connectivity index (χ1) is 13.0. The van der Waals surface area contributed by atoms with E-state index in [0.717, 1.165) is 11.3 Å². The van der Waals surface area contributed by atoms with Crippen molar-refractivity contribution < 1.29 is 9.18 Å². The molecule has 0 unspecified atom stereocenters. The van der Waals surface area contributed by atoms with E-state index in [4.69, 9.17) is 11.6 Å². The number of hydrogen-bond donors (Lipinski definition) is 1. The maximum Gasteiger partial charge on any atom is 0.227 e. The lowest BCUT2D eigenvalue weighted by atomic mass is 9.81. The summed E-state index contributed by atoms with van der Waals surface area (Å²) >= 11 is 6.11. The maximum absolute atomic E-state index is 13.1. The van der Waals surface area contributed by atoms with Gasteiger partial charge in [0.25, 0.3) is 0 Å². The number of anilines is 2. The Morgan fingerprint density at radius 3 is 2.63 bits per heavy atom. The number of nitrogens with zero attached hydrogens (tertiary/aromatic N) is 2. The molecule has 1 atom stereocenters. The highest BCUT2D eigenvalue weighted by molar-refractivity contribution is 6.30. The molecule has 1 aromatic heterocycles. The van der Waals surface area contributed by atoms with Crippen LogP contribution in [-0.4, -0.2) is 15.8 Å². The molecule has 27 heavy (non-hydrogen) atoms. The number of Topliss-reactive ketones (excluding diaryl/α,β-unsaturated/α-hetero) is 1. The monoisotopic (exact) mass is 381 g/mol. The lowest BCUT2D eigenvalue weighted by molar-refractivity contribution is 0.0962. The van der Waals surface area contributed by atoms with Gasteiger partial charge in [0.05, 0.1) is 17.0 Å². The molecule has 0 amide bonds. The molecule has 0 aliphatic heterocycles. The van der Waals surface area contributed by atoms with Crippen LogP contribution in [0, 0.1) is 12.7 Å². The van der Waals surface area contributed by atoms with E-state index in [9.17, 15) is 9.18 Å². The van der Waals surface area contributed by atoms with Gasteiger partial charge in [0, 0.05) is 17.1 Å². The molecule has 1 N–H and O–H groups in total. The molecule has 1 aliphatic rings. The Kier molecular flexibility index (Phi) is 4.62. The number of benzene rings is 2. The SMILES string of the molecule is Cc1nc(Nc2ccc(F)cc2)nc2c1C(=O)C[C@@H](c1cccc(Cl)c1)C2. The van der Waals surface area contributed by atoms with Crippen LogP contribution in [0.5, 0.6) is 0 Å². The van der Waals surface area contributed by atoms with Crippen LogP contribution in [0.15, 0.2) is 48.5 Å². The maximum atomic E-state index is 13.1. The summed E-state index contributed by atoms with van der Waals surface area (Å²) in [6, 6.07) is 13.6. The summed E-state index contributed by atoms with van der Waals surface area (Å²) in [5.41, 5.74) is 3.71. The van der Waals surface area contributed by atoms with Gasteiger partial charge in [-0.05, 0) is 61.2 Å². The van der Waals surface area contributed by atoms with E-state index in [2.05, 4.69) is 15.3 Å². The number of nitrogens with one attached hydrogen (secondary N) is 1. The van der Waals surface area contributed by atoms with Crippen LogP contribution in [0.2, 0.25) is 5.02 Å². The lowest BCUT2D eigenvalue weighted by Gasteiger charge is -2.24. The zero-order chi connectivity index (χ0) is 19.0. The average Bonchev–Trinajstić information content (AvgIpc) is 2.63. The molecule has 2 aromatic carbocycles. The highest BCUT2D eigenvalue weighted by atomic mass is 35.5. The van der Waals surface area contributed by atoms with Crippen LogP contribution in [-0.2, 0) is 6.42 Å². The number of hydrogen-bond acceptors (Lipinski definition) is 4. The van der Waals surface area contributed by atoms with Crippen molar-refractivity contribution in [2.24, 2.45) is 0 Å². The number of ketones is 1. The highest BCUT2D eigenvalue weighted by Gasteiger charge is 2.30. The van der Waals surface area contributed by atoms with Crippen molar-refractivity contribution >= 4 is 29.0 Å². The van der Waals surface area contributed by atoms with Gasteiger partial charge in [-0.25, -0.2) is 14.4 Å². The number of carbonyl (C=O) groups is 1. The van der Waals surface area contributed by atoms with Crippen LogP contribution in [0.4, 0.5) is 16.0 Å². The van der Waals surface area contributed by atoms with Gasteiger partial charge in [0.15, 0.2) is 5.78 Å². The summed E-state index contributed by atoms with van der Waals surface area (Å²) in [5, 5.41) is 3.74. The molecule has 0 saturated heterocycles. The Morgan fingerprint density at radius 2 is 1.89 bits per heavy atom. The molecule has 4 nitrogen and oxygen atoms in total. The number of rotatable bonds is 3. The Balaban J connectivity index is 1.66. The van der Waals surface area contributed by atoms with E-state index in [0.29, 0.717) is 40.8 Å². The molecule has 6 heteroatoms. The molecule has 0 bridgehead atoms. The number of aromatic nitrogens is 2. The molecule has 3 aromatic rings. The Hall–Kier alpha value is -2.79. The number of aryl methyl sites for hydroxylation is 1.